The molecule has 0 fully saturated rings. The molecule has 7 heteroatoms. The quantitative estimate of drug-likeness (QED) is 0.521. The summed E-state index contributed by atoms with van der Waals surface area (Å²) in [5, 5.41) is 0. The summed E-state index contributed by atoms with van der Waals surface area (Å²) in [5.74, 6) is 1.31. The molecule has 1 aromatic heterocycles. The van der Waals surface area contributed by atoms with Gasteiger partial charge in [-0.2, -0.15) is 4.31 Å². The zero-order valence-electron chi connectivity index (χ0n) is 17.6. The van der Waals surface area contributed by atoms with Crippen LogP contribution in [-0.4, -0.2) is 42.4 Å². The van der Waals surface area contributed by atoms with E-state index in [0.717, 1.165) is 17.7 Å². The lowest BCUT2D eigenvalue weighted by Gasteiger charge is -2.27. The Bertz CT molecular complexity index is 862. The Morgan fingerprint density at radius 3 is 2.31 bits per heavy atom. The van der Waals surface area contributed by atoms with E-state index in [-0.39, 0.29) is 18.2 Å². The Kier molecular flexibility index (Phi) is 8.92. The van der Waals surface area contributed by atoms with Crippen LogP contribution in [0.4, 0.5) is 0 Å². The maximum absolute atomic E-state index is 13.1. The molecule has 0 aliphatic heterocycles. The summed E-state index contributed by atoms with van der Waals surface area (Å²) in [6.07, 6.45) is 2.05. The number of nitrogens with zero attached hydrogens (tertiary/aromatic N) is 2. The van der Waals surface area contributed by atoms with Crippen molar-refractivity contribution in [3.05, 3.63) is 59.5 Å². The standard InChI is InChI=1S/C22H32N2O4S/c1-4-6-15-29(26,27)24(14-5-2)18-22(25)23(16-20-10-8-7-9-11-20)17-21-13-12-19(3)28-21/h7-13H,4-6,14-18H2,1-3H3. The maximum atomic E-state index is 13.1. The Labute approximate surface area is 174 Å². The fourth-order valence-electron chi connectivity index (χ4n) is 3.07. The van der Waals surface area contributed by atoms with Crippen LogP contribution in [0.25, 0.3) is 0 Å². The van der Waals surface area contributed by atoms with Crippen molar-refractivity contribution >= 4 is 15.9 Å². The molecule has 6 nitrogen and oxygen atoms in total. The van der Waals surface area contributed by atoms with Crippen LogP contribution in [0.3, 0.4) is 0 Å². The minimum atomic E-state index is -3.45. The second kappa shape index (κ2) is 11.2. The molecule has 0 N–H and O–H groups in total. The van der Waals surface area contributed by atoms with Crippen LogP contribution in [0.5, 0.6) is 0 Å². The molecule has 0 aliphatic carbocycles. The molecule has 0 radical (unpaired) electrons. The van der Waals surface area contributed by atoms with Gasteiger partial charge in [0, 0.05) is 13.1 Å². The number of sulfonamides is 1. The van der Waals surface area contributed by atoms with Crippen molar-refractivity contribution in [2.75, 3.05) is 18.8 Å². The lowest BCUT2D eigenvalue weighted by Crippen LogP contribution is -2.43. The van der Waals surface area contributed by atoms with Crippen LogP contribution in [0, 0.1) is 6.92 Å². The van der Waals surface area contributed by atoms with E-state index in [2.05, 4.69) is 0 Å². The van der Waals surface area contributed by atoms with E-state index in [1.165, 1.54) is 4.31 Å². The van der Waals surface area contributed by atoms with Crippen LogP contribution < -0.4 is 0 Å². The number of carbonyl (C=O) groups excluding carboxylic acids is 1. The number of unbranched alkanes of at least 4 members (excludes halogenated alkanes) is 1. The summed E-state index contributed by atoms with van der Waals surface area (Å²) < 4.78 is 32.4. The first kappa shape index (κ1) is 23.2. The zero-order chi connectivity index (χ0) is 21.3. The topological polar surface area (TPSA) is 70.8 Å². The first-order valence-corrected chi connectivity index (χ1v) is 11.8. The largest absolute Gasteiger partial charge is 0.464 e. The fraction of sp³-hybridized carbons (Fsp3) is 0.500. The molecule has 0 spiro atoms. The van der Waals surface area contributed by atoms with Crippen LogP contribution in [0.1, 0.15) is 50.2 Å². The highest BCUT2D eigenvalue weighted by atomic mass is 32.2. The third kappa shape index (κ3) is 7.33. The molecule has 0 bridgehead atoms. The molecule has 1 amide bonds. The summed E-state index contributed by atoms with van der Waals surface area (Å²) in [7, 11) is -3.45. The molecule has 0 unspecified atom stereocenters. The van der Waals surface area contributed by atoms with Crippen molar-refractivity contribution in [1.82, 2.24) is 9.21 Å². The molecule has 0 aliphatic rings. The third-order valence-corrected chi connectivity index (χ3v) is 6.55. The SMILES string of the molecule is CCCCS(=O)(=O)N(CCC)CC(=O)N(Cc1ccccc1)Cc1ccc(C)o1. The van der Waals surface area contributed by atoms with E-state index < -0.39 is 10.0 Å². The summed E-state index contributed by atoms with van der Waals surface area (Å²) >= 11 is 0. The van der Waals surface area contributed by atoms with Crippen molar-refractivity contribution in [1.29, 1.82) is 0 Å². The predicted octanol–water partition coefficient (Wildman–Crippen LogP) is 3.96. The van der Waals surface area contributed by atoms with E-state index >= 15 is 0 Å². The van der Waals surface area contributed by atoms with Gasteiger partial charge in [-0.3, -0.25) is 4.79 Å². The van der Waals surface area contributed by atoms with Gasteiger partial charge in [-0.1, -0.05) is 50.6 Å². The number of aryl methyl sites for hydroxylation is 1. The number of rotatable bonds is 12. The van der Waals surface area contributed by atoms with E-state index in [4.69, 9.17) is 4.42 Å². The van der Waals surface area contributed by atoms with Gasteiger partial charge in [0.1, 0.15) is 11.5 Å². The van der Waals surface area contributed by atoms with E-state index in [9.17, 15) is 13.2 Å². The van der Waals surface area contributed by atoms with Crippen molar-refractivity contribution in [2.24, 2.45) is 0 Å². The average molecular weight is 421 g/mol. The number of hydrogen-bond donors (Lipinski definition) is 0. The van der Waals surface area contributed by atoms with Gasteiger partial charge in [0.2, 0.25) is 15.9 Å². The normalized spacial score (nSPS) is 11.7. The molecule has 1 heterocycles. The Morgan fingerprint density at radius 1 is 1.00 bits per heavy atom. The van der Waals surface area contributed by atoms with E-state index in [1.807, 2.05) is 63.2 Å². The van der Waals surface area contributed by atoms with Crippen molar-refractivity contribution in [3.63, 3.8) is 0 Å². The molecule has 1 aromatic carbocycles. The van der Waals surface area contributed by atoms with Crippen molar-refractivity contribution < 1.29 is 17.6 Å². The summed E-state index contributed by atoms with van der Waals surface area (Å²) in [5.41, 5.74) is 0.986. The molecule has 2 rings (SSSR count). The summed E-state index contributed by atoms with van der Waals surface area (Å²) in [6, 6.07) is 13.4. The smallest absolute Gasteiger partial charge is 0.238 e. The van der Waals surface area contributed by atoms with Crippen LogP contribution in [0.2, 0.25) is 0 Å². The second-order valence-electron chi connectivity index (χ2n) is 7.25. The van der Waals surface area contributed by atoms with Crippen LogP contribution >= 0.6 is 0 Å². The molecule has 0 atom stereocenters. The first-order valence-electron chi connectivity index (χ1n) is 10.2. The number of furan rings is 1. The van der Waals surface area contributed by atoms with Crippen LogP contribution in [-0.2, 0) is 27.9 Å². The third-order valence-electron chi connectivity index (χ3n) is 4.65. The molecule has 2 aromatic rings. The first-order chi connectivity index (χ1) is 13.9. The lowest BCUT2D eigenvalue weighted by atomic mass is 10.2. The lowest BCUT2D eigenvalue weighted by molar-refractivity contribution is -0.133. The molecular formula is C22H32N2O4S. The number of carbonyl (C=O) groups is 1. The van der Waals surface area contributed by atoms with Gasteiger partial charge in [-0.25, -0.2) is 8.42 Å². The Morgan fingerprint density at radius 2 is 1.72 bits per heavy atom. The highest BCUT2D eigenvalue weighted by molar-refractivity contribution is 7.89. The number of benzene rings is 1. The van der Waals surface area contributed by atoms with E-state index in [1.54, 1.807) is 4.90 Å². The van der Waals surface area contributed by atoms with Crippen molar-refractivity contribution in [2.45, 2.75) is 53.1 Å². The predicted molar refractivity (Wildman–Crippen MR) is 115 cm³/mol. The summed E-state index contributed by atoms with van der Waals surface area (Å²) in [4.78, 5) is 14.8. The Balaban J connectivity index is 2.19. The average Bonchev–Trinajstić information content (AvgIpc) is 3.11. The van der Waals surface area contributed by atoms with Gasteiger partial charge in [0.15, 0.2) is 0 Å². The maximum Gasteiger partial charge on any atom is 0.238 e. The number of hydrogen-bond acceptors (Lipinski definition) is 4. The van der Waals surface area contributed by atoms with Gasteiger partial charge in [0.05, 0.1) is 18.8 Å². The molecular weight excluding hydrogens is 388 g/mol. The van der Waals surface area contributed by atoms with Gasteiger partial charge in [0.25, 0.3) is 0 Å². The zero-order valence-corrected chi connectivity index (χ0v) is 18.5. The van der Waals surface area contributed by atoms with Gasteiger partial charge in [-0.15, -0.1) is 0 Å². The van der Waals surface area contributed by atoms with Crippen molar-refractivity contribution in [3.8, 4) is 0 Å². The van der Waals surface area contributed by atoms with Gasteiger partial charge >= 0.3 is 0 Å². The highest BCUT2D eigenvalue weighted by Gasteiger charge is 2.26. The van der Waals surface area contributed by atoms with E-state index in [0.29, 0.717) is 38.2 Å². The minimum Gasteiger partial charge on any atom is -0.464 e. The summed E-state index contributed by atoms with van der Waals surface area (Å²) in [6.45, 7) is 6.63. The number of amides is 1. The van der Waals surface area contributed by atoms with Crippen LogP contribution in [0.15, 0.2) is 46.9 Å². The monoisotopic (exact) mass is 420 g/mol. The van der Waals surface area contributed by atoms with Gasteiger partial charge < -0.3 is 9.32 Å². The minimum absolute atomic E-state index is 0.0762. The highest BCUT2D eigenvalue weighted by Crippen LogP contribution is 2.15. The molecule has 29 heavy (non-hydrogen) atoms. The fourth-order valence-corrected chi connectivity index (χ4v) is 4.75. The molecule has 160 valence electrons. The molecule has 0 saturated carbocycles. The second-order valence-corrected chi connectivity index (χ2v) is 9.34. The van der Waals surface area contributed by atoms with Gasteiger partial charge in [-0.05, 0) is 37.5 Å². The molecule has 0 saturated heterocycles. The Hall–Kier alpha value is -2.12.